The van der Waals surface area contributed by atoms with Gasteiger partial charge in [0.2, 0.25) is 5.91 Å². The van der Waals surface area contributed by atoms with Gasteiger partial charge in [0.05, 0.1) is 18.2 Å². The molecule has 2 fully saturated rings. The molecule has 0 aromatic carbocycles. The van der Waals surface area contributed by atoms with Gasteiger partial charge in [-0.1, -0.05) is 6.92 Å². The molecule has 1 aliphatic carbocycles. The minimum absolute atomic E-state index is 0.190. The van der Waals surface area contributed by atoms with E-state index in [1.165, 1.54) is 12.8 Å². The fourth-order valence-corrected chi connectivity index (χ4v) is 2.47. The average molecular weight is 222 g/mol. The molecule has 2 aliphatic heterocycles. The third-order valence-electron chi connectivity index (χ3n) is 4.04. The summed E-state index contributed by atoms with van der Waals surface area (Å²) < 4.78 is 5.31. The van der Waals surface area contributed by atoms with Gasteiger partial charge in [-0.25, -0.2) is 5.01 Å². The van der Waals surface area contributed by atoms with Crippen LogP contribution < -0.4 is 0 Å². The van der Waals surface area contributed by atoms with Gasteiger partial charge in [-0.15, -0.1) is 0 Å². The third kappa shape index (κ3) is 1.65. The molecule has 3 rings (SSSR count). The number of carbonyl (C=O) groups is 1. The van der Waals surface area contributed by atoms with Gasteiger partial charge in [-0.3, -0.25) is 4.79 Å². The lowest BCUT2D eigenvalue weighted by Gasteiger charge is -2.28. The molecule has 0 unspecified atom stereocenters. The number of amides is 1. The smallest absolute Gasteiger partial charge is 0.248 e. The first-order valence-corrected chi connectivity index (χ1v) is 6.17. The summed E-state index contributed by atoms with van der Waals surface area (Å²) in [5.41, 5.74) is 1.36. The Morgan fingerprint density at radius 3 is 2.69 bits per heavy atom. The summed E-state index contributed by atoms with van der Waals surface area (Å²) in [6.45, 7) is 3.74. The SMILES string of the molecule is CC1(C2=NN(C3CCOCC3)C(=O)C2)CC1. The predicted octanol–water partition coefficient (Wildman–Crippen LogP) is 1.55. The highest BCUT2D eigenvalue weighted by Crippen LogP contribution is 2.48. The van der Waals surface area contributed by atoms with Crippen molar-refractivity contribution in [2.24, 2.45) is 10.5 Å². The third-order valence-corrected chi connectivity index (χ3v) is 4.04. The molecule has 0 N–H and O–H groups in total. The highest BCUT2D eigenvalue weighted by atomic mass is 16.5. The Kier molecular flexibility index (Phi) is 2.28. The highest BCUT2D eigenvalue weighted by molar-refractivity contribution is 6.08. The van der Waals surface area contributed by atoms with E-state index in [1.54, 1.807) is 5.01 Å². The molecule has 16 heavy (non-hydrogen) atoms. The molecule has 1 saturated carbocycles. The van der Waals surface area contributed by atoms with Crippen LogP contribution in [0.3, 0.4) is 0 Å². The first-order valence-electron chi connectivity index (χ1n) is 6.17. The maximum absolute atomic E-state index is 11.9. The van der Waals surface area contributed by atoms with Crippen molar-refractivity contribution in [3.63, 3.8) is 0 Å². The second kappa shape index (κ2) is 3.55. The Balaban J connectivity index is 1.74. The lowest BCUT2D eigenvalue weighted by atomic mass is 10.0. The molecule has 2 heterocycles. The second-order valence-electron chi connectivity index (χ2n) is 5.37. The van der Waals surface area contributed by atoms with Crippen LogP contribution in [0.4, 0.5) is 0 Å². The zero-order valence-corrected chi connectivity index (χ0v) is 9.74. The summed E-state index contributed by atoms with van der Waals surface area (Å²) in [5.74, 6) is 0.190. The standard InChI is InChI=1S/C12H18N2O2/c1-12(4-5-12)10-8-11(15)14(13-10)9-2-6-16-7-3-9/h9H,2-8H2,1H3. The molecule has 0 radical (unpaired) electrons. The molecule has 0 bridgehead atoms. The molecule has 0 aromatic rings. The minimum Gasteiger partial charge on any atom is -0.381 e. The van der Waals surface area contributed by atoms with Crippen molar-refractivity contribution in [1.82, 2.24) is 5.01 Å². The number of nitrogens with zero attached hydrogens (tertiary/aromatic N) is 2. The van der Waals surface area contributed by atoms with Crippen molar-refractivity contribution in [2.45, 2.75) is 45.1 Å². The van der Waals surface area contributed by atoms with Crippen molar-refractivity contribution in [2.75, 3.05) is 13.2 Å². The molecule has 1 saturated heterocycles. The Morgan fingerprint density at radius 2 is 2.06 bits per heavy atom. The average Bonchev–Trinajstić information content (AvgIpc) is 2.92. The number of hydrogen-bond acceptors (Lipinski definition) is 3. The lowest BCUT2D eigenvalue weighted by Crippen LogP contribution is -2.37. The van der Waals surface area contributed by atoms with E-state index in [0.717, 1.165) is 31.8 Å². The molecular formula is C12H18N2O2. The summed E-state index contributed by atoms with van der Waals surface area (Å²) in [4.78, 5) is 11.9. The van der Waals surface area contributed by atoms with E-state index in [2.05, 4.69) is 12.0 Å². The van der Waals surface area contributed by atoms with E-state index in [0.29, 0.717) is 6.42 Å². The van der Waals surface area contributed by atoms with Gasteiger partial charge in [0.25, 0.3) is 0 Å². The molecule has 88 valence electrons. The van der Waals surface area contributed by atoms with Crippen LogP contribution >= 0.6 is 0 Å². The van der Waals surface area contributed by atoms with E-state index in [1.807, 2.05) is 0 Å². The Labute approximate surface area is 95.6 Å². The fourth-order valence-electron chi connectivity index (χ4n) is 2.47. The summed E-state index contributed by atoms with van der Waals surface area (Å²) in [6.07, 6.45) is 4.80. The number of hydrogen-bond donors (Lipinski definition) is 0. The van der Waals surface area contributed by atoms with Crippen LogP contribution in [-0.4, -0.2) is 35.9 Å². The highest BCUT2D eigenvalue weighted by Gasteiger charge is 2.47. The first-order chi connectivity index (χ1) is 7.69. The zero-order valence-electron chi connectivity index (χ0n) is 9.74. The molecule has 0 atom stereocenters. The second-order valence-corrected chi connectivity index (χ2v) is 5.37. The van der Waals surface area contributed by atoms with Gasteiger partial charge in [0.15, 0.2) is 0 Å². The minimum atomic E-state index is 0.190. The van der Waals surface area contributed by atoms with Crippen LogP contribution in [0.2, 0.25) is 0 Å². The van der Waals surface area contributed by atoms with E-state index in [4.69, 9.17) is 4.74 Å². The zero-order chi connectivity index (χ0) is 11.2. The van der Waals surface area contributed by atoms with Gasteiger partial charge in [0, 0.05) is 18.6 Å². The summed E-state index contributed by atoms with van der Waals surface area (Å²) in [7, 11) is 0. The topological polar surface area (TPSA) is 41.9 Å². The number of carbonyl (C=O) groups excluding carboxylic acids is 1. The van der Waals surface area contributed by atoms with E-state index in [9.17, 15) is 4.79 Å². The number of rotatable bonds is 2. The van der Waals surface area contributed by atoms with Crippen LogP contribution in [0.25, 0.3) is 0 Å². The number of ether oxygens (including phenoxy) is 1. The van der Waals surface area contributed by atoms with Crippen LogP contribution in [0.1, 0.15) is 39.0 Å². The Bertz CT molecular complexity index is 341. The van der Waals surface area contributed by atoms with E-state index in [-0.39, 0.29) is 17.4 Å². The van der Waals surface area contributed by atoms with Crippen LogP contribution in [-0.2, 0) is 9.53 Å². The molecule has 1 amide bonds. The normalized spacial score (nSPS) is 29.4. The van der Waals surface area contributed by atoms with E-state index < -0.39 is 0 Å². The molecule has 0 spiro atoms. The quantitative estimate of drug-likeness (QED) is 0.711. The maximum Gasteiger partial charge on any atom is 0.248 e. The van der Waals surface area contributed by atoms with Crippen molar-refractivity contribution in [3.8, 4) is 0 Å². The number of hydrazone groups is 1. The summed E-state index contributed by atoms with van der Waals surface area (Å²) >= 11 is 0. The predicted molar refractivity (Wildman–Crippen MR) is 60.1 cm³/mol. The molecule has 0 aromatic heterocycles. The maximum atomic E-state index is 11.9. The van der Waals surface area contributed by atoms with E-state index >= 15 is 0 Å². The lowest BCUT2D eigenvalue weighted by molar-refractivity contribution is -0.132. The van der Waals surface area contributed by atoms with Crippen molar-refractivity contribution in [3.05, 3.63) is 0 Å². The van der Waals surface area contributed by atoms with Crippen molar-refractivity contribution < 1.29 is 9.53 Å². The van der Waals surface area contributed by atoms with Crippen molar-refractivity contribution >= 4 is 11.6 Å². The molecule has 4 nitrogen and oxygen atoms in total. The van der Waals surface area contributed by atoms with Gasteiger partial charge < -0.3 is 4.74 Å². The van der Waals surface area contributed by atoms with Gasteiger partial charge in [-0.05, 0) is 25.7 Å². The molecule has 4 heteroatoms. The van der Waals surface area contributed by atoms with Gasteiger partial charge in [0.1, 0.15) is 0 Å². The summed E-state index contributed by atoms with van der Waals surface area (Å²) in [6, 6.07) is 0.279. The Hall–Kier alpha value is -0.900. The van der Waals surface area contributed by atoms with Crippen molar-refractivity contribution in [1.29, 1.82) is 0 Å². The molecular weight excluding hydrogens is 204 g/mol. The van der Waals surface area contributed by atoms with Crippen LogP contribution in [0.15, 0.2) is 5.10 Å². The van der Waals surface area contributed by atoms with Crippen LogP contribution in [0.5, 0.6) is 0 Å². The largest absolute Gasteiger partial charge is 0.381 e. The van der Waals surface area contributed by atoms with Gasteiger partial charge in [-0.2, -0.15) is 5.10 Å². The van der Waals surface area contributed by atoms with Crippen LogP contribution in [0, 0.1) is 5.41 Å². The van der Waals surface area contributed by atoms with Gasteiger partial charge >= 0.3 is 0 Å². The fraction of sp³-hybridized carbons (Fsp3) is 0.833. The summed E-state index contributed by atoms with van der Waals surface area (Å²) in [5, 5.41) is 6.31. The first kappa shape index (κ1) is 10.3. The monoisotopic (exact) mass is 222 g/mol. The molecule has 3 aliphatic rings. The Morgan fingerprint density at radius 1 is 1.38 bits per heavy atom.